The van der Waals surface area contributed by atoms with E-state index in [4.69, 9.17) is 4.74 Å². The molecule has 1 unspecified atom stereocenters. The van der Waals surface area contributed by atoms with E-state index in [1.165, 1.54) is 19.2 Å². The molecule has 0 saturated heterocycles. The number of fused-ring (bicyclic) bond motifs is 1. The number of halogens is 1. The van der Waals surface area contributed by atoms with Crippen molar-refractivity contribution in [2.24, 2.45) is 0 Å². The maximum atomic E-state index is 13.9. The van der Waals surface area contributed by atoms with Gasteiger partial charge in [0.25, 0.3) is 0 Å². The minimum absolute atomic E-state index is 0. The number of carbonyl (C=O) groups is 2. The second-order valence-corrected chi connectivity index (χ2v) is 7.84. The Morgan fingerprint density at radius 2 is 1.72 bits per heavy atom. The molecule has 0 radical (unpaired) electrons. The van der Waals surface area contributed by atoms with Crippen molar-refractivity contribution in [3.63, 3.8) is 0 Å². The fourth-order valence-corrected chi connectivity index (χ4v) is 3.69. The van der Waals surface area contributed by atoms with Gasteiger partial charge in [0.2, 0.25) is 0 Å². The van der Waals surface area contributed by atoms with E-state index in [2.05, 4.69) is 0 Å². The molecule has 0 spiro atoms. The molecule has 3 aromatic rings. The van der Waals surface area contributed by atoms with Crippen LogP contribution in [0.4, 0.5) is 4.39 Å². The maximum Gasteiger partial charge on any atom is 0.309 e. The zero-order valence-corrected chi connectivity index (χ0v) is 17.1. The van der Waals surface area contributed by atoms with Gasteiger partial charge in [-0.3, -0.25) is 13.8 Å². The molecule has 3 aromatic carbocycles. The molecule has 0 saturated carbocycles. The minimum Gasteiger partial charge on any atom is -0.469 e. The normalized spacial score (nSPS) is 11.6. The molecule has 1 atom stereocenters. The van der Waals surface area contributed by atoms with Gasteiger partial charge in [-0.1, -0.05) is 12.1 Å². The third-order valence-electron chi connectivity index (χ3n) is 4.71. The molecule has 0 aliphatic heterocycles. The van der Waals surface area contributed by atoms with Crippen LogP contribution >= 0.6 is 0 Å². The van der Waals surface area contributed by atoms with Crippen LogP contribution < -0.4 is 0 Å². The molecule has 0 fully saturated rings. The maximum absolute atomic E-state index is 13.9. The quantitative estimate of drug-likeness (QED) is 0.472. The summed E-state index contributed by atoms with van der Waals surface area (Å²) in [6, 6.07) is 12.5. The van der Waals surface area contributed by atoms with Crippen LogP contribution in [0.1, 0.15) is 27.0 Å². The first-order valence-corrected chi connectivity index (χ1v) is 10.1. The fourth-order valence-electron chi connectivity index (χ4n) is 3.18. The number of hydrogen-bond acceptors (Lipinski definition) is 4. The second-order valence-electron chi connectivity index (χ2n) is 6.46. The number of benzene rings is 3. The second kappa shape index (κ2) is 9.07. The molecule has 0 aliphatic rings. The summed E-state index contributed by atoms with van der Waals surface area (Å²) in [6.45, 7) is 1.74. The van der Waals surface area contributed by atoms with Gasteiger partial charge in [-0.2, -0.15) is 0 Å². The minimum atomic E-state index is -1.15. The van der Waals surface area contributed by atoms with Gasteiger partial charge in [-0.15, -0.1) is 0 Å². The lowest BCUT2D eigenvalue weighted by atomic mass is 9.89. The highest BCUT2D eigenvalue weighted by atomic mass is 32.2. The fraction of sp³-hybridized carbons (Fsp3) is 0.182. The van der Waals surface area contributed by atoms with Crippen molar-refractivity contribution < 1.29 is 28.4 Å². The molecule has 2 N–H and O–H groups in total. The molecule has 152 valence electrons. The highest BCUT2D eigenvalue weighted by molar-refractivity contribution is 7.84. The van der Waals surface area contributed by atoms with Crippen molar-refractivity contribution >= 4 is 33.3 Å². The number of carbonyl (C=O) groups excluding carboxylic acids is 2. The molecule has 0 bridgehead atoms. The average Bonchev–Trinajstić information content (AvgIpc) is 2.68. The lowest BCUT2D eigenvalue weighted by molar-refractivity contribution is -0.139. The summed E-state index contributed by atoms with van der Waals surface area (Å²) in [5, 5.41) is 1.15. The number of esters is 1. The molecular weight excluding hydrogens is 395 g/mol. The van der Waals surface area contributed by atoms with Crippen LogP contribution in [0.2, 0.25) is 0 Å². The van der Waals surface area contributed by atoms with Crippen LogP contribution in [0.3, 0.4) is 0 Å². The zero-order chi connectivity index (χ0) is 20.4. The van der Waals surface area contributed by atoms with E-state index in [-0.39, 0.29) is 17.7 Å². The Morgan fingerprint density at radius 1 is 1.07 bits per heavy atom. The highest BCUT2D eigenvalue weighted by Gasteiger charge is 2.20. The first kappa shape index (κ1) is 22.4. The molecule has 5 nitrogen and oxygen atoms in total. The molecule has 0 amide bonds. The van der Waals surface area contributed by atoms with Gasteiger partial charge in [0.1, 0.15) is 5.82 Å². The van der Waals surface area contributed by atoms with Gasteiger partial charge in [0.15, 0.2) is 5.78 Å². The summed E-state index contributed by atoms with van der Waals surface area (Å²) in [4.78, 5) is 25.7. The lowest BCUT2D eigenvalue weighted by Crippen LogP contribution is -2.11. The predicted octanol–water partition coefficient (Wildman–Crippen LogP) is 3.15. The number of ketones is 1. The van der Waals surface area contributed by atoms with Crippen LogP contribution in [0.5, 0.6) is 0 Å². The summed E-state index contributed by atoms with van der Waals surface area (Å²) in [6.07, 6.45) is 1.58. The monoisotopic (exact) mass is 416 g/mol. The molecular formula is C22H21FO5S. The Balaban J connectivity index is 0.00000300. The SMILES string of the molecule is COC(=O)Cc1cc2ccc(F)cc2c(C(=O)c2ccc(S(C)=O)cc2)c1C.O. The molecule has 29 heavy (non-hydrogen) atoms. The van der Waals surface area contributed by atoms with Gasteiger partial charge < -0.3 is 10.2 Å². The Labute approximate surface area is 170 Å². The first-order valence-electron chi connectivity index (χ1n) is 8.58. The van der Waals surface area contributed by atoms with E-state index in [0.29, 0.717) is 37.9 Å². The lowest BCUT2D eigenvalue weighted by Gasteiger charge is -2.15. The molecule has 0 aliphatic carbocycles. The van der Waals surface area contributed by atoms with E-state index in [1.54, 1.807) is 49.6 Å². The summed E-state index contributed by atoms with van der Waals surface area (Å²) in [7, 11) is 0.156. The topological polar surface area (TPSA) is 91.9 Å². The van der Waals surface area contributed by atoms with E-state index in [0.717, 1.165) is 0 Å². The number of ether oxygens (including phenoxy) is 1. The Kier molecular flexibility index (Phi) is 7.00. The van der Waals surface area contributed by atoms with Gasteiger partial charge in [-0.25, -0.2) is 4.39 Å². The highest BCUT2D eigenvalue weighted by Crippen LogP contribution is 2.29. The van der Waals surface area contributed by atoms with Gasteiger partial charge >= 0.3 is 5.97 Å². The summed E-state index contributed by atoms with van der Waals surface area (Å²) in [5.74, 6) is -1.15. The summed E-state index contributed by atoms with van der Waals surface area (Å²) >= 11 is 0. The van der Waals surface area contributed by atoms with Crippen molar-refractivity contribution in [3.05, 3.63) is 76.6 Å². The van der Waals surface area contributed by atoms with Crippen molar-refractivity contribution in [3.8, 4) is 0 Å². The van der Waals surface area contributed by atoms with Gasteiger partial charge in [0.05, 0.1) is 13.5 Å². The van der Waals surface area contributed by atoms with E-state index in [9.17, 15) is 18.2 Å². The predicted molar refractivity (Wildman–Crippen MR) is 110 cm³/mol. The third kappa shape index (κ3) is 4.58. The van der Waals surface area contributed by atoms with Crippen LogP contribution in [-0.4, -0.2) is 34.8 Å². The van der Waals surface area contributed by atoms with Crippen LogP contribution in [-0.2, 0) is 26.8 Å². The van der Waals surface area contributed by atoms with E-state index >= 15 is 0 Å². The summed E-state index contributed by atoms with van der Waals surface area (Å²) in [5.41, 5.74) is 2.01. The van der Waals surface area contributed by atoms with Crippen molar-refractivity contribution in [2.75, 3.05) is 13.4 Å². The zero-order valence-electron chi connectivity index (χ0n) is 16.2. The van der Waals surface area contributed by atoms with Crippen LogP contribution in [0, 0.1) is 12.7 Å². The smallest absolute Gasteiger partial charge is 0.309 e. The van der Waals surface area contributed by atoms with Crippen molar-refractivity contribution in [2.45, 2.75) is 18.2 Å². The number of hydrogen-bond donors (Lipinski definition) is 0. The Bertz CT molecular complexity index is 1110. The Morgan fingerprint density at radius 3 is 2.31 bits per heavy atom. The number of rotatable bonds is 5. The van der Waals surface area contributed by atoms with Crippen molar-refractivity contribution in [1.82, 2.24) is 0 Å². The van der Waals surface area contributed by atoms with Crippen LogP contribution in [0.25, 0.3) is 10.8 Å². The van der Waals surface area contributed by atoms with Crippen molar-refractivity contribution in [1.29, 1.82) is 0 Å². The average molecular weight is 416 g/mol. The standard InChI is InChI=1S/C22H19FO4S.H2O/c1-13-16(11-20(24)27-2)10-15-4-7-17(23)12-19(15)21(13)22(25)14-5-8-18(9-6-14)28(3)26;/h4-10,12H,11H2,1-3H3;1H2. The molecule has 3 rings (SSSR count). The molecule has 0 aromatic heterocycles. The van der Waals surface area contributed by atoms with Gasteiger partial charge in [-0.05, 0) is 65.2 Å². The first-order chi connectivity index (χ1) is 13.3. The van der Waals surface area contributed by atoms with Gasteiger partial charge in [0, 0.05) is 33.1 Å². The Hall–Kier alpha value is -2.90. The van der Waals surface area contributed by atoms with E-state index in [1.807, 2.05) is 0 Å². The summed E-state index contributed by atoms with van der Waals surface area (Å²) < 4.78 is 30.2. The third-order valence-corrected chi connectivity index (χ3v) is 5.65. The largest absolute Gasteiger partial charge is 0.469 e. The van der Waals surface area contributed by atoms with Crippen LogP contribution in [0.15, 0.2) is 53.4 Å². The number of methoxy groups -OCH3 is 1. The molecule has 7 heteroatoms. The molecule has 0 heterocycles. The van der Waals surface area contributed by atoms with E-state index < -0.39 is 22.6 Å².